The van der Waals surface area contributed by atoms with E-state index in [-0.39, 0.29) is 17.3 Å². The van der Waals surface area contributed by atoms with Crippen LogP contribution in [0.1, 0.15) is 5.69 Å². The number of pyridine rings is 1. The van der Waals surface area contributed by atoms with Gasteiger partial charge in [-0.15, -0.1) is 0 Å². The van der Waals surface area contributed by atoms with Crippen LogP contribution in [-0.4, -0.2) is 18.4 Å². The molecule has 0 aliphatic heterocycles. The molecule has 4 N–H and O–H groups in total. The van der Waals surface area contributed by atoms with Gasteiger partial charge in [-0.3, -0.25) is 4.72 Å². The molecule has 0 atom stereocenters. The van der Waals surface area contributed by atoms with Crippen molar-refractivity contribution in [3.63, 3.8) is 0 Å². The van der Waals surface area contributed by atoms with Crippen LogP contribution in [0.15, 0.2) is 41.6 Å². The monoisotopic (exact) mass is 252 g/mol. The lowest BCUT2D eigenvalue weighted by Crippen LogP contribution is -2.13. The van der Waals surface area contributed by atoms with E-state index in [0.29, 0.717) is 5.69 Å². The standard InChI is InChI=1S/C10H12N4O2S/c11-6-8-5-9(7-13-8)17(15,16)14-10-3-1-2-4-12-10/h1-5,7,13H,6,11H2,(H,12,14). The number of sulfonamides is 1. The molecule has 90 valence electrons. The quantitative estimate of drug-likeness (QED) is 0.744. The number of aromatic amines is 1. The summed E-state index contributed by atoms with van der Waals surface area (Å²) in [5.74, 6) is 0.281. The van der Waals surface area contributed by atoms with Crippen LogP contribution in [-0.2, 0) is 16.6 Å². The Morgan fingerprint density at radius 2 is 2.24 bits per heavy atom. The molecule has 0 aliphatic rings. The van der Waals surface area contributed by atoms with Gasteiger partial charge < -0.3 is 10.7 Å². The number of aromatic nitrogens is 2. The number of anilines is 1. The Hall–Kier alpha value is -1.86. The van der Waals surface area contributed by atoms with Crippen molar-refractivity contribution in [1.82, 2.24) is 9.97 Å². The predicted molar refractivity (Wildman–Crippen MR) is 63.7 cm³/mol. The Labute approximate surface area is 98.9 Å². The minimum atomic E-state index is -3.60. The normalized spacial score (nSPS) is 11.4. The van der Waals surface area contributed by atoms with Gasteiger partial charge in [-0.1, -0.05) is 6.07 Å². The lowest BCUT2D eigenvalue weighted by molar-refractivity contribution is 0.601. The lowest BCUT2D eigenvalue weighted by atomic mass is 10.4. The zero-order valence-corrected chi connectivity index (χ0v) is 9.74. The molecule has 17 heavy (non-hydrogen) atoms. The summed E-state index contributed by atoms with van der Waals surface area (Å²) in [5.41, 5.74) is 6.06. The first-order chi connectivity index (χ1) is 8.12. The van der Waals surface area contributed by atoms with E-state index in [1.807, 2.05) is 0 Å². The topological polar surface area (TPSA) is 101 Å². The van der Waals surface area contributed by atoms with E-state index in [9.17, 15) is 8.42 Å². The van der Waals surface area contributed by atoms with Crippen LogP contribution in [0.4, 0.5) is 5.82 Å². The van der Waals surface area contributed by atoms with Crippen molar-refractivity contribution < 1.29 is 8.42 Å². The third kappa shape index (κ3) is 2.63. The molecule has 0 radical (unpaired) electrons. The van der Waals surface area contributed by atoms with Crippen LogP contribution in [0, 0.1) is 0 Å². The molecule has 0 bridgehead atoms. The zero-order chi connectivity index (χ0) is 12.3. The van der Waals surface area contributed by atoms with Gasteiger partial charge in [-0.05, 0) is 18.2 Å². The summed E-state index contributed by atoms with van der Waals surface area (Å²) in [6, 6.07) is 6.48. The molecule has 0 unspecified atom stereocenters. The fourth-order valence-electron chi connectivity index (χ4n) is 1.31. The number of nitrogens with zero attached hydrogens (tertiary/aromatic N) is 1. The van der Waals surface area contributed by atoms with Crippen molar-refractivity contribution >= 4 is 15.8 Å². The summed E-state index contributed by atoms with van der Waals surface area (Å²) in [7, 11) is -3.60. The minimum Gasteiger partial charge on any atom is -0.363 e. The summed E-state index contributed by atoms with van der Waals surface area (Å²) >= 11 is 0. The largest absolute Gasteiger partial charge is 0.363 e. The summed E-state index contributed by atoms with van der Waals surface area (Å²) in [4.78, 5) is 6.82. The maximum absolute atomic E-state index is 11.9. The lowest BCUT2D eigenvalue weighted by Gasteiger charge is -2.04. The van der Waals surface area contributed by atoms with Gasteiger partial charge in [-0.25, -0.2) is 13.4 Å². The Balaban J connectivity index is 2.25. The van der Waals surface area contributed by atoms with Gasteiger partial charge in [0.25, 0.3) is 10.0 Å². The van der Waals surface area contributed by atoms with E-state index in [0.717, 1.165) is 0 Å². The summed E-state index contributed by atoms with van der Waals surface area (Å²) < 4.78 is 26.2. The SMILES string of the molecule is NCc1cc(S(=O)(=O)Nc2ccccn2)c[nH]1. The van der Waals surface area contributed by atoms with Crippen LogP contribution < -0.4 is 10.5 Å². The number of nitrogens with one attached hydrogen (secondary N) is 2. The first-order valence-corrected chi connectivity index (χ1v) is 6.41. The van der Waals surface area contributed by atoms with Crippen molar-refractivity contribution in [2.45, 2.75) is 11.4 Å². The molecular formula is C10H12N4O2S. The molecule has 0 aliphatic carbocycles. The molecule has 2 rings (SSSR count). The van der Waals surface area contributed by atoms with Gasteiger partial charge in [0, 0.05) is 24.6 Å². The highest BCUT2D eigenvalue weighted by atomic mass is 32.2. The van der Waals surface area contributed by atoms with Crippen molar-refractivity contribution in [3.05, 3.63) is 42.4 Å². The van der Waals surface area contributed by atoms with Gasteiger partial charge in [-0.2, -0.15) is 0 Å². The summed E-state index contributed by atoms with van der Waals surface area (Å²) in [6.07, 6.45) is 2.91. The van der Waals surface area contributed by atoms with Crippen molar-refractivity contribution in [3.8, 4) is 0 Å². The average molecular weight is 252 g/mol. The highest BCUT2D eigenvalue weighted by molar-refractivity contribution is 7.92. The molecular weight excluding hydrogens is 240 g/mol. The number of H-pyrrole nitrogens is 1. The van der Waals surface area contributed by atoms with Crippen LogP contribution in [0.3, 0.4) is 0 Å². The molecule has 0 spiro atoms. The fourth-order valence-corrected chi connectivity index (χ4v) is 2.34. The van der Waals surface area contributed by atoms with Gasteiger partial charge >= 0.3 is 0 Å². The number of hydrogen-bond donors (Lipinski definition) is 3. The number of hydrogen-bond acceptors (Lipinski definition) is 4. The first kappa shape index (κ1) is 11.6. The predicted octanol–water partition coefficient (Wildman–Crippen LogP) is 0.669. The maximum atomic E-state index is 11.9. The van der Waals surface area contributed by atoms with Crippen LogP contribution >= 0.6 is 0 Å². The van der Waals surface area contributed by atoms with E-state index >= 15 is 0 Å². The molecule has 7 heteroatoms. The van der Waals surface area contributed by atoms with Crippen LogP contribution in [0.5, 0.6) is 0 Å². The molecule has 2 aromatic heterocycles. The zero-order valence-electron chi connectivity index (χ0n) is 8.92. The van der Waals surface area contributed by atoms with Gasteiger partial charge in [0.15, 0.2) is 0 Å². The maximum Gasteiger partial charge on any atom is 0.264 e. The second kappa shape index (κ2) is 4.56. The van der Waals surface area contributed by atoms with Crippen molar-refractivity contribution in [2.24, 2.45) is 5.73 Å². The van der Waals surface area contributed by atoms with E-state index < -0.39 is 10.0 Å². The Bertz CT molecular complexity index is 592. The highest BCUT2D eigenvalue weighted by Crippen LogP contribution is 2.14. The van der Waals surface area contributed by atoms with E-state index in [1.165, 1.54) is 18.5 Å². The third-order valence-corrected chi connectivity index (χ3v) is 3.48. The van der Waals surface area contributed by atoms with Crippen molar-refractivity contribution in [2.75, 3.05) is 4.72 Å². The Kier molecular flexibility index (Phi) is 3.12. The molecule has 0 amide bonds. The van der Waals surface area contributed by atoms with Crippen molar-refractivity contribution in [1.29, 1.82) is 0 Å². The third-order valence-electron chi connectivity index (χ3n) is 2.15. The average Bonchev–Trinajstić information content (AvgIpc) is 2.79. The first-order valence-electron chi connectivity index (χ1n) is 4.93. The Morgan fingerprint density at radius 1 is 1.41 bits per heavy atom. The molecule has 0 saturated heterocycles. The Morgan fingerprint density at radius 3 is 2.82 bits per heavy atom. The molecule has 6 nitrogen and oxygen atoms in total. The van der Waals surface area contributed by atoms with E-state index in [2.05, 4.69) is 14.7 Å². The van der Waals surface area contributed by atoms with Gasteiger partial charge in [0.1, 0.15) is 10.7 Å². The summed E-state index contributed by atoms with van der Waals surface area (Å²) in [6.45, 7) is 0.263. The molecule has 0 saturated carbocycles. The molecule has 2 heterocycles. The molecule has 2 aromatic rings. The van der Waals surface area contributed by atoms with Crippen LogP contribution in [0.2, 0.25) is 0 Å². The van der Waals surface area contributed by atoms with Gasteiger partial charge in [0.05, 0.1) is 0 Å². The summed E-state index contributed by atoms with van der Waals surface area (Å²) in [5, 5.41) is 0. The second-order valence-electron chi connectivity index (χ2n) is 3.39. The second-order valence-corrected chi connectivity index (χ2v) is 5.07. The van der Waals surface area contributed by atoms with E-state index in [1.54, 1.807) is 18.2 Å². The minimum absolute atomic E-state index is 0.142. The molecule has 0 aromatic carbocycles. The molecule has 0 fully saturated rings. The number of rotatable bonds is 4. The van der Waals surface area contributed by atoms with E-state index in [4.69, 9.17) is 5.73 Å². The fraction of sp³-hybridized carbons (Fsp3) is 0.100. The van der Waals surface area contributed by atoms with Gasteiger partial charge in [0.2, 0.25) is 0 Å². The number of nitrogens with two attached hydrogens (primary N) is 1. The highest BCUT2D eigenvalue weighted by Gasteiger charge is 2.16. The smallest absolute Gasteiger partial charge is 0.264 e. The van der Waals surface area contributed by atoms with Crippen LogP contribution in [0.25, 0.3) is 0 Å².